The number of rotatable bonds is 1. The minimum atomic E-state index is 1.82. The molecule has 0 saturated carbocycles. The second kappa shape index (κ2) is 3.54. The van der Waals surface area contributed by atoms with Gasteiger partial charge in [-0.25, -0.2) is 0 Å². The van der Waals surface area contributed by atoms with Gasteiger partial charge in [-0.05, 0) is 6.92 Å². The second-order valence-corrected chi connectivity index (χ2v) is 0.683. The van der Waals surface area contributed by atoms with Crippen molar-refractivity contribution in [1.82, 2.24) is 5.32 Å². The Balaban J connectivity index is 2.62. The van der Waals surface area contributed by atoms with Crippen molar-refractivity contribution in [3.8, 4) is 0 Å². The fourth-order valence-electron chi connectivity index (χ4n) is 0.144. The van der Waals surface area contributed by atoms with Gasteiger partial charge in [-0.1, -0.05) is 6.08 Å². The topological polar surface area (TPSA) is 12.0 Å². The van der Waals surface area contributed by atoms with Crippen LogP contribution in [0.2, 0.25) is 0 Å². The third kappa shape index (κ3) is 3.54. The zero-order chi connectivity index (χ0) is 4.12. The molecule has 0 aromatic carbocycles. The van der Waals surface area contributed by atoms with E-state index in [9.17, 15) is 0 Å². The lowest BCUT2D eigenvalue weighted by Crippen LogP contribution is -1.90. The molecule has 0 aromatic heterocycles. The van der Waals surface area contributed by atoms with E-state index in [2.05, 4.69) is 11.5 Å². The standard InChI is InChI=1S/C4H8N/c1-3-4-5-2/h3,5H,1-2H3. The average molecular weight is 70.1 g/mol. The molecule has 0 aliphatic heterocycles. The summed E-state index contributed by atoms with van der Waals surface area (Å²) in [6, 6.07) is 0. The van der Waals surface area contributed by atoms with Crippen LogP contribution < -0.4 is 5.32 Å². The molecule has 0 aromatic rings. The largest absolute Gasteiger partial charge is 0.387 e. The van der Waals surface area contributed by atoms with E-state index in [1.54, 1.807) is 0 Å². The molecule has 0 spiro atoms. The van der Waals surface area contributed by atoms with Crippen molar-refractivity contribution in [3.63, 3.8) is 0 Å². The number of nitrogens with one attached hydrogen (secondary N) is 1. The van der Waals surface area contributed by atoms with Crippen LogP contribution in [0.4, 0.5) is 0 Å². The Labute approximate surface area is 32.7 Å². The van der Waals surface area contributed by atoms with Crippen molar-refractivity contribution in [1.29, 1.82) is 0 Å². The highest BCUT2D eigenvalue weighted by molar-refractivity contribution is 4.60. The van der Waals surface area contributed by atoms with Crippen molar-refractivity contribution >= 4 is 0 Å². The van der Waals surface area contributed by atoms with Crippen molar-refractivity contribution < 1.29 is 0 Å². The third-order valence-electron chi connectivity index (χ3n) is 0.289. The van der Waals surface area contributed by atoms with Gasteiger partial charge in [-0.2, -0.15) is 0 Å². The van der Waals surface area contributed by atoms with E-state index in [-0.39, 0.29) is 0 Å². The van der Waals surface area contributed by atoms with Crippen molar-refractivity contribution in [2.75, 3.05) is 7.05 Å². The molecule has 1 nitrogen and oxygen atoms in total. The summed E-state index contributed by atoms with van der Waals surface area (Å²) in [5.41, 5.74) is 0. The van der Waals surface area contributed by atoms with Gasteiger partial charge >= 0.3 is 0 Å². The summed E-state index contributed by atoms with van der Waals surface area (Å²) in [6.45, 7) is 1.91. The molecule has 0 aliphatic rings. The van der Waals surface area contributed by atoms with E-state index >= 15 is 0 Å². The minimum Gasteiger partial charge on any atom is -0.387 e. The summed E-state index contributed by atoms with van der Waals surface area (Å²) in [5, 5.41) is 2.71. The fourth-order valence-corrected chi connectivity index (χ4v) is 0.144. The maximum absolute atomic E-state index is 2.74. The molecule has 1 radical (unpaired) electrons. The van der Waals surface area contributed by atoms with Crippen molar-refractivity contribution in [2.24, 2.45) is 0 Å². The van der Waals surface area contributed by atoms with Crippen LogP contribution in [0.5, 0.6) is 0 Å². The predicted octanol–water partition coefficient (Wildman–Crippen LogP) is 0.543. The smallest absolute Gasteiger partial charge is 0.0526 e. The molecule has 0 saturated heterocycles. The van der Waals surface area contributed by atoms with E-state index in [1.807, 2.05) is 20.0 Å². The van der Waals surface area contributed by atoms with Gasteiger partial charge in [0.15, 0.2) is 0 Å². The molecule has 0 fully saturated rings. The minimum absolute atomic E-state index is 1.82. The second-order valence-electron chi connectivity index (χ2n) is 0.683. The zero-order valence-electron chi connectivity index (χ0n) is 3.58. The molecule has 1 N–H and O–H groups in total. The Kier molecular flexibility index (Phi) is 3.21. The molecular weight excluding hydrogens is 62.1 g/mol. The van der Waals surface area contributed by atoms with Crippen LogP contribution in [-0.4, -0.2) is 7.05 Å². The van der Waals surface area contributed by atoms with Crippen LogP contribution in [0.15, 0.2) is 6.08 Å². The first-order chi connectivity index (χ1) is 2.41. The Morgan fingerprint density at radius 2 is 2.40 bits per heavy atom. The SMILES string of the molecule is C/C=[C]/NC. The lowest BCUT2D eigenvalue weighted by Gasteiger charge is -1.73. The maximum atomic E-state index is 2.74. The van der Waals surface area contributed by atoms with Gasteiger partial charge in [-0.15, -0.1) is 0 Å². The van der Waals surface area contributed by atoms with Crippen LogP contribution in [0.1, 0.15) is 6.92 Å². The van der Waals surface area contributed by atoms with Crippen LogP contribution >= 0.6 is 0 Å². The molecule has 0 heterocycles. The molecule has 5 heavy (non-hydrogen) atoms. The average Bonchev–Trinajstić information content (AvgIpc) is 1.41. The maximum Gasteiger partial charge on any atom is 0.0526 e. The van der Waals surface area contributed by atoms with Gasteiger partial charge in [0.05, 0.1) is 6.20 Å². The Morgan fingerprint density at radius 3 is 2.40 bits per heavy atom. The van der Waals surface area contributed by atoms with Crippen LogP contribution in [0.3, 0.4) is 0 Å². The molecule has 0 bridgehead atoms. The van der Waals surface area contributed by atoms with Crippen LogP contribution in [-0.2, 0) is 0 Å². The monoisotopic (exact) mass is 70.1 g/mol. The first-order valence-corrected chi connectivity index (χ1v) is 1.62. The quantitative estimate of drug-likeness (QED) is 0.444. The van der Waals surface area contributed by atoms with Crippen molar-refractivity contribution in [2.45, 2.75) is 6.92 Å². The lowest BCUT2D eigenvalue weighted by molar-refractivity contribution is 1.06. The summed E-state index contributed by atoms with van der Waals surface area (Å²) in [6.07, 6.45) is 4.56. The molecule has 0 unspecified atom stereocenters. The number of hydrogen-bond acceptors (Lipinski definition) is 1. The molecule has 0 atom stereocenters. The van der Waals surface area contributed by atoms with Crippen LogP contribution in [0, 0.1) is 6.20 Å². The summed E-state index contributed by atoms with van der Waals surface area (Å²) < 4.78 is 0. The molecular formula is C4H8N. The van der Waals surface area contributed by atoms with Gasteiger partial charge < -0.3 is 5.32 Å². The molecule has 0 amide bonds. The van der Waals surface area contributed by atoms with E-state index in [0.717, 1.165) is 0 Å². The Morgan fingerprint density at radius 1 is 1.80 bits per heavy atom. The first-order valence-electron chi connectivity index (χ1n) is 1.62. The zero-order valence-corrected chi connectivity index (χ0v) is 3.58. The normalized spacial score (nSPS) is 9.20. The Bertz CT molecular complexity index is 30.6. The third-order valence-corrected chi connectivity index (χ3v) is 0.289. The number of allylic oxidation sites excluding steroid dienone is 1. The molecule has 29 valence electrons. The summed E-state index contributed by atoms with van der Waals surface area (Å²) in [7, 11) is 1.82. The fraction of sp³-hybridized carbons (Fsp3) is 0.500. The molecule has 0 rings (SSSR count). The van der Waals surface area contributed by atoms with E-state index in [1.165, 1.54) is 0 Å². The highest BCUT2D eigenvalue weighted by atomic mass is 14.8. The van der Waals surface area contributed by atoms with Gasteiger partial charge in [0.25, 0.3) is 0 Å². The highest BCUT2D eigenvalue weighted by Gasteiger charge is 1.47. The summed E-state index contributed by atoms with van der Waals surface area (Å²) >= 11 is 0. The molecule has 0 aliphatic carbocycles. The van der Waals surface area contributed by atoms with Crippen LogP contribution in [0.25, 0.3) is 0 Å². The highest BCUT2D eigenvalue weighted by Crippen LogP contribution is 1.51. The summed E-state index contributed by atoms with van der Waals surface area (Å²) in [5.74, 6) is 0. The number of hydrogen-bond donors (Lipinski definition) is 1. The van der Waals surface area contributed by atoms with E-state index in [4.69, 9.17) is 0 Å². The van der Waals surface area contributed by atoms with Crippen molar-refractivity contribution in [3.05, 3.63) is 12.3 Å². The predicted molar refractivity (Wildman–Crippen MR) is 22.5 cm³/mol. The van der Waals surface area contributed by atoms with Gasteiger partial charge in [0, 0.05) is 7.05 Å². The van der Waals surface area contributed by atoms with E-state index < -0.39 is 0 Å². The van der Waals surface area contributed by atoms with Gasteiger partial charge in [0.1, 0.15) is 0 Å². The van der Waals surface area contributed by atoms with Gasteiger partial charge in [0.2, 0.25) is 0 Å². The van der Waals surface area contributed by atoms with E-state index in [0.29, 0.717) is 0 Å². The Hall–Kier alpha value is -0.460. The lowest BCUT2D eigenvalue weighted by atomic mass is 10.7. The van der Waals surface area contributed by atoms with Gasteiger partial charge in [-0.3, -0.25) is 0 Å². The molecule has 1 heteroatoms. The summed E-state index contributed by atoms with van der Waals surface area (Å²) in [4.78, 5) is 0. The first kappa shape index (κ1) is 4.54.